The molecule has 4 heteroatoms. The summed E-state index contributed by atoms with van der Waals surface area (Å²) in [6.45, 7) is 1.91. The lowest BCUT2D eigenvalue weighted by molar-refractivity contribution is 0.159. The van der Waals surface area contributed by atoms with Gasteiger partial charge >= 0.3 is 0 Å². The van der Waals surface area contributed by atoms with Crippen LogP contribution in [0.2, 0.25) is 0 Å². The maximum absolute atomic E-state index is 9.57. The molecule has 0 aromatic carbocycles. The van der Waals surface area contributed by atoms with E-state index in [1.54, 1.807) is 0 Å². The van der Waals surface area contributed by atoms with E-state index in [0.717, 1.165) is 18.8 Å². The van der Waals surface area contributed by atoms with Crippen LogP contribution in [0.25, 0.3) is 0 Å². The lowest BCUT2D eigenvalue weighted by Crippen LogP contribution is -2.07. The van der Waals surface area contributed by atoms with Crippen LogP contribution in [-0.4, -0.2) is 15.2 Å². The molecule has 1 aliphatic rings. The summed E-state index contributed by atoms with van der Waals surface area (Å²) in [4.78, 5) is 4.24. The molecule has 0 saturated heterocycles. The first-order valence-electron chi connectivity index (χ1n) is 6.80. The van der Waals surface area contributed by atoms with Gasteiger partial charge in [-0.1, -0.05) is 44.2 Å². The molecule has 17 heavy (non-hydrogen) atoms. The summed E-state index contributed by atoms with van der Waals surface area (Å²) in [6.07, 6.45) is 8.87. The quantitative estimate of drug-likeness (QED) is 0.856. The predicted molar refractivity (Wildman–Crippen MR) is 64.4 cm³/mol. The Hall–Kier alpha value is -0.900. The van der Waals surface area contributed by atoms with Crippen LogP contribution >= 0.6 is 0 Å². The average Bonchev–Trinajstić information content (AvgIpc) is 2.85. The second-order valence-corrected chi connectivity index (χ2v) is 5.01. The van der Waals surface area contributed by atoms with Crippen LogP contribution in [0.3, 0.4) is 0 Å². The number of hydrogen-bond donors (Lipinski definition) is 1. The highest BCUT2D eigenvalue weighted by atomic mass is 16.5. The van der Waals surface area contributed by atoms with Gasteiger partial charge in [0, 0.05) is 6.42 Å². The summed E-state index contributed by atoms with van der Waals surface area (Å²) in [6, 6.07) is 0. The van der Waals surface area contributed by atoms with Crippen LogP contribution < -0.4 is 0 Å². The Bertz CT molecular complexity index is 332. The Labute approximate surface area is 102 Å². The molecule has 0 spiro atoms. The predicted octanol–water partition coefficient (Wildman–Crippen LogP) is 3.03. The zero-order valence-electron chi connectivity index (χ0n) is 10.6. The molecule has 1 aromatic heterocycles. The third-order valence-corrected chi connectivity index (χ3v) is 3.66. The number of aliphatic hydroxyl groups is 1. The van der Waals surface area contributed by atoms with Gasteiger partial charge in [0.25, 0.3) is 0 Å². The van der Waals surface area contributed by atoms with Crippen molar-refractivity contribution in [1.82, 2.24) is 10.1 Å². The molecule has 1 aromatic rings. The second kappa shape index (κ2) is 6.15. The third-order valence-electron chi connectivity index (χ3n) is 3.66. The van der Waals surface area contributed by atoms with E-state index in [2.05, 4.69) is 10.1 Å². The summed E-state index contributed by atoms with van der Waals surface area (Å²) in [5.41, 5.74) is 0. The van der Waals surface area contributed by atoms with E-state index in [0.29, 0.717) is 18.1 Å². The molecular weight excluding hydrogens is 216 g/mol. The monoisotopic (exact) mass is 238 g/mol. The topological polar surface area (TPSA) is 59.2 Å². The maximum atomic E-state index is 9.57. The molecule has 1 heterocycles. The summed E-state index contributed by atoms with van der Waals surface area (Å²) in [5, 5.41) is 13.4. The minimum atomic E-state index is -0.581. The van der Waals surface area contributed by atoms with E-state index in [1.165, 1.54) is 32.1 Å². The largest absolute Gasteiger partial charge is 0.385 e. The lowest BCUT2D eigenvalue weighted by atomic mass is 9.86. The van der Waals surface area contributed by atoms with Gasteiger partial charge in [-0.2, -0.15) is 4.98 Å². The number of nitrogens with zero attached hydrogens (tertiary/aromatic N) is 2. The number of aromatic nitrogens is 2. The Morgan fingerprint density at radius 3 is 2.82 bits per heavy atom. The van der Waals surface area contributed by atoms with E-state index < -0.39 is 6.10 Å². The van der Waals surface area contributed by atoms with Gasteiger partial charge in [0.2, 0.25) is 5.89 Å². The summed E-state index contributed by atoms with van der Waals surface area (Å²) < 4.78 is 5.16. The highest BCUT2D eigenvalue weighted by Gasteiger charge is 2.17. The lowest BCUT2D eigenvalue weighted by Gasteiger charge is -2.20. The van der Waals surface area contributed by atoms with Gasteiger partial charge in [-0.25, -0.2) is 0 Å². The Kier molecular flexibility index (Phi) is 4.54. The van der Waals surface area contributed by atoms with Crippen molar-refractivity contribution in [3.63, 3.8) is 0 Å². The van der Waals surface area contributed by atoms with Crippen LogP contribution in [0.15, 0.2) is 4.52 Å². The zero-order chi connectivity index (χ0) is 12.1. The van der Waals surface area contributed by atoms with Crippen molar-refractivity contribution in [1.29, 1.82) is 0 Å². The molecule has 1 unspecified atom stereocenters. The van der Waals surface area contributed by atoms with Crippen molar-refractivity contribution in [2.24, 2.45) is 5.92 Å². The molecule has 96 valence electrons. The van der Waals surface area contributed by atoms with Crippen molar-refractivity contribution in [2.75, 3.05) is 0 Å². The van der Waals surface area contributed by atoms with Crippen molar-refractivity contribution >= 4 is 0 Å². The fourth-order valence-corrected chi connectivity index (χ4v) is 2.49. The molecule has 0 aliphatic heterocycles. The van der Waals surface area contributed by atoms with E-state index in [1.807, 2.05) is 6.92 Å². The van der Waals surface area contributed by atoms with Gasteiger partial charge in [0.1, 0.15) is 6.10 Å². The first kappa shape index (κ1) is 12.6. The smallest absolute Gasteiger partial charge is 0.226 e. The van der Waals surface area contributed by atoms with Gasteiger partial charge in [0.15, 0.2) is 5.82 Å². The van der Waals surface area contributed by atoms with Crippen molar-refractivity contribution in [3.8, 4) is 0 Å². The molecule has 1 fully saturated rings. The first-order chi connectivity index (χ1) is 8.29. The van der Waals surface area contributed by atoms with Gasteiger partial charge in [-0.05, 0) is 18.8 Å². The Morgan fingerprint density at radius 2 is 2.12 bits per heavy atom. The molecule has 0 amide bonds. The van der Waals surface area contributed by atoms with Gasteiger partial charge in [-0.3, -0.25) is 0 Å². The van der Waals surface area contributed by atoms with Gasteiger partial charge in [0.05, 0.1) is 0 Å². The van der Waals surface area contributed by atoms with Crippen LogP contribution in [0, 0.1) is 5.92 Å². The van der Waals surface area contributed by atoms with Crippen LogP contribution in [0.4, 0.5) is 0 Å². The van der Waals surface area contributed by atoms with Crippen molar-refractivity contribution < 1.29 is 9.63 Å². The molecular formula is C13H22N2O2. The van der Waals surface area contributed by atoms with Crippen LogP contribution in [0.5, 0.6) is 0 Å². The SMILES string of the molecule is CCC(O)c1noc(CCC2CCCCC2)n1. The van der Waals surface area contributed by atoms with Crippen LogP contribution in [-0.2, 0) is 6.42 Å². The zero-order valence-corrected chi connectivity index (χ0v) is 10.6. The van der Waals surface area contributed by atoms with Crippen molar-refractivity contribution in [2.45, 2.75) is 64.4 Å². The van der Waals surface area contributed by atoms with Gasteiger partial charge < -0.3 is 9.63 Å². The minimum Gasteiger partial charge on any atom is -0.385 e. The molecule has 4 nitrogen and oxygen atoms in total. The normalized spacial score (nSPS) is 19.4. The second-order valence-electron chi connectivity index (χ2n) is 5.01. The highest BCUT2D eigenvalue weighted by molar-refractivity contribution is 4.90. The van der Waals surface area contributed by atoms with E-state index in [-0.39, 0.29) is 0 Å². The van der Waals surface area contributed by atoms with Gasteiger partial charge in [-0.15, -0.1) is 0 Å². The first-order valence-corrected chi connectivity index (χ1v) is 6.80. The number of aliphatic hydroxyl groups excluding tert-OH is 1. The van der Waals surface area contributed by atoms with Crippen molar-refractivity contribution in [3.05, 3.63) is 11.7 Å². The summed E-state index contributed by atoms with van der Waals surface area (Å²) in [5.74, 6) is 1.94. The Balaban J connectivity index is 1.80. The molecule has 1 atom stereocenters. The Morgan fingerprint density at radius 1 is 1.35 bits per heavy atom. The third kappa shape index (κ3) is 3.53. The van der Waals surface area contributed by atoms with E-state index >= 15 is 0 Å². The fourth-order valence-electron chi connectivity index (χ4n) is 2.49. The van der Waals surface area contributed by atoms with E-state index in [9.17, 15) is 5.11 Å². The summed E-state index contributed by atoms with van der Waals surface area (Å²) >= 11 is 0. The molecule has 1 saturated carbocycles. The highest BCUT2D eigenvalue weighted by Crippen LogP contribution is 2.27. The minimum absolute atomic E-state index is 0.436. The van der Waals surface area contributed by atoms with Crippen LogP contribution in [0.1, 0.15) is 69.7 Å². The number of rotatable bonds is 5. The fraction of sp³-hybridized carbons (Fsp3) is 0.846. The standard InChI is InChI=1S/C13H22N2O2/c1-2-11(16)13-14-12(17-15-13)9-8-10-6-4-3-5-7-10/h10-11,16H,2-9H2,1H3. The molecule has 0 radical (unpaired) electrons. The molecule has 1 N–H and O–H groups in total. The molecule has 1 aliphatic carbocycles. The molecule has 0 bridgehead atoms. The molecule has 2 rings (SSSR count). The number of aryl methyl sites for hydroxylation is 1. The summed E-state index contributed by atoms with van der Waals surface area (Å²) in [7, 11) is 0. The maximum Gasteiger partial charge on any atom is 0.226 e. The number of hydrogen-bond acceptors (Lipinski definition) is 4. The average molecular weight is 238 g/mol. The van der Waals surface area contributed by atoms with E-state index in [4.69, 9.17) is 4.52 Å².